The normalized spacial score (nSPS) is 29.5. The lowest BCUT2D eigenvalue weighted by atomic mass is 9.84. The van der Waals surface area contributed by atoms with Gasteiger partial charge in [0.1, 0.15) is 6.61 Å². The van der Waals surface area contributed by atoms with E-state index in [4.69, 9.17) is 4.74 Å². The number of hydrogen-bond acceptors (Lipinski definition) is 3. The lowest BCUT2D eigenvalue weighted by Crippen LogP contribution is -2.52. The lowest BCUT2D eigenvalue weighted by Gasteiger charge is -2.36. The van der Waals surface area contributed by atoms with Crippen molar-refractivity contribution in [1.29, 1.82) is 0 Å². The minimum atomic E-state index is -0.501. The number of benzene rings is 1. The SMILES string of the molecule is CC(O)C12CCC(CC1)N2C(=O)OCc1ccccc1. The van der Waals surface area contributed by atoms with E-state index in [1.165, 1.54) is 0 Å². The summed E-state index contributed by atoms with van der Waals surface area (Å²) in [4.78, 5) is 14.2. The summed E-state index contributed by atoms with van der Waals surface area (Å²) < 4.78 is 5.44. The van der Waals surface area contributed by atoms with Crippen LogP contribution in [0.25, 0.3) is 0 Å². The molecule has 0 aromatic heterocycles. The van der Waals surface area contributed by atoms with Gasteiger partial charge in [-0.05, 0) is 38.2 Å². The predicted molar refractivity (Wildman–Crippen MR) is 75.1 cm³/mol. The van der Waals surface area contributed by atoms with Gasteiger partial charge in [0.2, 0.25) is 0 Å². The average Bonchev–Trinajstić information content (AvgIpc) is 3.03. The Morgan fingerprint density at radius 2 is 2.05 bits per heavy atom. The number of hydrogen-bond donors (Lipinski definition) is 1. The number of aliphatic hydroxyl groups excluding tert-OH is 1. The van der Waals surface area contributed by atoms with Crippen LogP contribution in [0.15, 0.2) is 30.3 Å². The zero-order chi connectivity index (χ0) is 14.2. The molecule has 108 valence electrons. The Kier molecular flexibility index (Phi) is 3.42. The minimum Gasteiger partial charge on any atom is -0.445 e. The molecule has 20 heavy (non-hydrogen) atoms. The molecule has 1 aromatic carbocycles. The molecule has 2 fully saturated rings. The van der Waals surface area contributed by atoms with Crippen molar-refractivity contribution in [3.63, 3.8) is 0 Å². The monoisotopic (exact) mass is 275 g/mol. The Morgan fingerprint density at radius 3 is 2.65 bits per heavy atom. The predicted octanol–water partition coefficient (Wildman–Crippen LogP) is 2.70. The summed E-state index contributed by atoms with van der Waals surface area (Å²) in [7, 11) is 0. The van der Waals surface area contributed by atoms with Gasteiger partial charge in [0, 0.05) is 6.04 Å². The third kappa shape index (κ3) is 2.08. The number of fused-ring (bicyclic) bond motifs is 2. The van der Waals surface area contributed by atoms with E-state index in [2.05, 4.69) is 0 Å². The highest BCUT2D eigenvalue weighted by atomic mass is 16.6. The molecular weight excluding hydrogens is 254 g/mol. The number of carbonyl (C=O) groups is 1. The van der Waals surface area contributed by atoms with Gasteiger partial charge in [0.15, 0.2) is 0 Å². The molecule has 3 rings (SSSR count). The van der Waals surface area contributed by atoms with Gasteiger partial charge in [-0.25, -0.2) is 4.79 Å². The van der Waals surface area contributed by atoms with E-state index < -0.39 is 11.6 Å². The van der Waals surface area contributed by atoms with Crippen LogP contribution in [-0.4, -0.2) is 33.8 Å². The zero-order valence-corrected chi connectivity index (χ0v) is 11.8. The van der Waals surface area contributed by atoms with E-state index in [9.17, 15) is 9.90 Å². The Balaban J connectivity index is 1.68. The molecular formula is C16H21NO3. The molecule has 0 radical (unpaired) electrons. The van der Waals surface area contributed by atoms with Gasteiger partial charge in [0.25, 0.3) is 0 Å². The number of carbonyl (C=O) groups excluding carboxylic acids is 1. The number of nitrogens with zero attached hydrogens (tertiary/aromatic N) is 1. The second kappa shape index (κ2) is 5.09. The van der Waals surface area contributed by atoms with Gasteiger partial charge < -0.3 is 9.84 Å². The third-order valence-corrected chi connectivity index (χ3v) is 4.85. The molecule has 2 saturated heterocycles. The van der Waals surface area contributed by atoms with E-state index in [-0.39, 0.29) is 12.1 Å². The molecule has 1 unspecified atom stereocenters. The van der Waals surface area contributed by atoms with Crippen LogP contribution < -0.4 is 0 Å². The van der Waals surface area contributed by atoms with Crippen LogP contribution in [0.5, 0.6) is 0 Å². The molecule has 2 heterocycles. The number of amides is 1. The summed E-state index contributed by atoms with van der Waals surface area (Å²) in [6.45, 7) is 2.07. The van der Waals surface area contributed by atoms with Crippen molar-refractivity contribution < 1.29 is 14.6 Å². The molecule has 0 aliphatic carbocycles. The van der Waals surface area contributed by atoms with E-state index in [1.807, 2.05) is 30.3 Å². The molecule has 1 N–H and O–H groups in total. The highest BCUT2D eigenvalue weighted by Crippen LogP contribution is 2.48. The first-order chi connectivity index (χ1) is 9.63. The van der Waals surface area contributed by atoms with Crippen LogP contribution in [-0.2, 0) is 11.3 Å². The summed E-state index contributed by atoms with van der Waals surface area (Å²) in [6.07, 6.45) is 2.94. The Morgan fingerprint density at radius 1 is 1.40 bits per heavy atom. The van der Waals surface area contributed by atoms with E-state index in [0.29, 0.717) is 6.61 Å². The fourth-order valence-corrected chi connectivity index (χ4v) is 3.70. The summed E-state index contributed by atoms with van der Waals surface area (Å²) in [5, 5.41) is 10.1. The highest BCUT2D eigenvalue weighted by molar-refractivity contribution is 5.70. The van der Waals surface area contributed by atoms with E-state index in [1.54, 1.807) is 11.8 Å². The average molecular weight is 275 g/mol. The van der Waals surface area contributed by atoms with E-state index >= 15 is 0 Å². The first kappa shape index (κ1) is 13.4. The van der Waals surface area contributed by atoms with Crippen molar-refractivity contribution in [1.82, 2.24) is 4.90 Å². The second-order valence-corrected chi connectivity index (χ2v) is 5.92. The summed E-state index contributed by atoms with van der Waals surface area (Å²) >= 11 is 0. The Labute approximate surface area is 119 Å². The number of rotatable bonds is 3. The van der Waals surface area contributed by atoms with Crippen LogP contribution in [0, 0.1) is 0 Å². The van der Waals surface area contributed by atoms with Gasteiger partial charge in [-0.15, -0.1) is 0 Å². The van der Waals surface area contributed by atoms with Crippen LogP contribution in [0.3, 0.4) is 0 Å². The van der Waals surface area contributed by atoms with Crippen LogP contribution in [0.2, 0.25) is 0 Å². The smallest absolute Gasteiger partial charge is 0.410 e. The van der Waals surface area contributed by atoms with Crippen molar-refractivity contribution in [3.8, 4) is 0 Å². The molecule has 1 amide bonds. The number of ether oxygens (including phenoxy) is 1. The fraction of sp³-hybridized carbons (Fsp3) is 0.562. The van der Waals surface area contributed by atoms with Crippen molar-refractivity contribution in [3.05, 3.63) is 35.9 Å². The first-order valence-corrected chi connectivity index (χ1v) is 7.31. The van der Waals surface area contributed by atoms with Gasteiger partial charge in [-0.2, -0.15) is 0 Å². The maximum atomic E-state index is 12.4. The van der Waals surface area contributed by atoms with Crippen LogP contribution >= 0.6 is 0 Å². The zero-order valence-electron chi connectivity index (χ0n) is 11.8. The van der Waals surface area contributed by atoms with Crippen molar-refractivity contribution in [2.75, 3.05) is 0 Å². The molecule has 2 aliphatic rings. The van der Waals surface area contributed by atoms with Crippen LogP contribution in [0.4, 0.5) is 4.79 Å². The largest absolute Gasteiger partial charge is 0.445 e. The molecule has 1 atom stereocenters. The maximum Gasteiger partial charge on any atom is 0.410 e. The van der Waals surface area contributed by atoms with Crippen molar-refractivity contribution >= 4 is 6.09 Å². The summed E-state index contributed by atoms with van der Waals surface area (Å²) in [6, 6.07) is 9.93. The summed E-state index contributed by atoms with van der Waals surface area (Å²) in [5.74, 6) is 0. The van der Waals surface area contributed by atoms with Crippen molar-refractivity contribution in [2.24, 2.45) is 0 Å². The highest BCUT2D eigenvalue weighted by Gasteiger charge is 2.57. The topological polar surface area (TPSA) is 49.8 Å². The molecule has 0 spiro atoms. The first-order valence-electron chi connectivity index (χ1n) is 7.31. The molecule has 2 bridgehead atoms. The second-order valence-electron chi connectivity index (χ2n) is 5.92. The fourth-order valence-electron chi connectivity index (χ4n) is 3.70. The van der Waals surface area contributed by atoms with Gasteiger partial charge in [0.05, 0.1) is 11.6 Å². The Hall–Kier alpha value is -1.55. The maximum absolute atomic E-state index is 12.4. The molecule has 0 saturated carbocycles. The van der Waals surface area contributed by atoms with Gasteiger partial charge in [-0.1, -0.05) is 30.3 Å². The minimum absolute atomic E-state index is 0.243. The molecule has 4 heteroatoms. The Bertz CT molecular complexity index is 478. The van der Waals surface area contributed by atoms with Gasteiger partial charge >= 0.3 is 6.09 Å². The van der Waals surface area contributed by atoms with E-state index in [0.717, 1.165) is 31.2 Å². The van der Waals surface area contributed by atoms with Gasteiger partial charge in [-0.3, -0.25) is 4.90 Å². The standard InChI is InChI=1S/C16H21NO3/c1-12(18)16-9-7-14(8-10-16)17(16)15(19)20-11-13-5-3-2-4-6-13/h2-6,12,14,18H,7-11H2,1H3. The van der Waals surface area contributed by atoms with Crippen molar-refractivity contribution in [2.45, 2.75) is 56.9 Å². The van der Waals surface area contributed by atoms with Crippen LogP contribution in [0.1, 0.15) is 38.2 Å². The summed E-state index contributed by atoms with van der Waals surface area (Å²) in [5.41, 5.74) is 0.594. The molecule has 2 aliphatic heterocycles. The quantitative estimate of drug-likeness (QED) is 0.922. The number of aliphatic hydroxyl groups is 1. The lowest BCUT2D eigenvalue weighted by molar-refractivity contribution is 0.00662. The molecule has 4 nitrogen and oxygen atoms in total. The molecule has 1 aromatic rings. The third-order valence-electron chi connectivity index (χ3n) is 4.85.